The van der Waals surface area contributed by atoms with Crippen LogP contribution in [0, 0.1) is 0 Å². The fourth-order valence-electron chi connectivity index (χ4n) is 2.39. The highest BCUT2D eigenvalue weighted by molar-refractivity contribution is 14.0. The molecule has 0 bridgehead atoms. The lowest BCUT2D eigenvalue weighted by Gasteiger charge is -2.29. The molecule has 0 atom stereocenters. The molecule has 160 valence electrons. The molecule has 1 aliphatic heterocycles. The van der Waals surface area contributed by atoms with Crippen molar-refractivity contribution in [3.05, 3.63) is 0 Å². The fourth-order valence-corrected chi connectivity index (χ4v) is 3.92. The smallest absolute Gasteiger partial charge is 0.408 e. The Hall–Kier alpha value is -0.820. The average molecular weight is 519 g/mol. The summed E-state index contributed by atoms with van der Waals surface area (Å²) in [5, 5.41) is 9.02. The van der Waals surface area contributed by atoms with Crippen molar-refractivity contribution in [2.24, 2.45) is 4.99 Å². The standard InChI is InChI=1S/C16H33N5O4S.HI/c1-15(2,3)25-14(22)20-16(4,5)12-19-13(17-6)18-8-10-21-9-7-11-26(21,23)24;/h7-12H2,1-6H3,(H,20,22)(H2,17,18,19);1H. The van der Waals surface area contributed by atoms with Crippen LogP contribution in [-0.2, 0) is 14.8 Å². The zero-order valence-corrected chi connectivity index (χ0v) is 20.2. The van der Waals surface area contributed by atoms with Crippen LogP contribution in [-0.4, -0.2) is 74.9 Å². The van der Waals surface area contributed by atoms with Gasteiger partial charge >= 0.3 is 6.09 Å². The summed E-state index contributed by atoms with van der Waals surface area (Å²) in [7, 11) is -1.45. The van der Waals surface area contributed by atoms with Gasteiger partial charge in [-0.05, 0) is 41.0 Å². The highest BCUT2D eigenvalue weighted by Crippen LogP contribution is 2.12. The van der Waals surface area contributed by atoms with E-state index >= 15 is 0 Å². The number of sulfonamides is 1. The van der Waals surface area contributed by atoms with Gasteiger partial charge in [0.15, 0.2) is 5.96 Å². The van der Waals surface area contributed by atoms with Crippen molar-refractivity contribution in [2.75, 3.05) is 39.0 Å². The second-order valence-corrected chi connectivity index (χ2v) is 10.0. The molecule has 0 aromatic carbocycles. The van der Waals surface area contributed by atoms with Crippen molar-refractivity contribution in [2.45, 2.75) is 52.2 Å². The molecule has 0 aromatic heterocycles. The minimum absolute atomic E-state index is 0. The van der Waals surface area contributed by atoms with E-state index in [1.165, 1.54) is 4.31 Å². The molecule has 0 aliphatic carbocycles. The molecule has 11 heteroatoms. The Kier molecular flexibility index (Phi) is 10.3. The van der Waals surface area contributed by atoms with Crippen LogP contribution in [0.2, 0.25) is 0 Å². The van der Waals surface area contributed by atoms with Gasteiger partial charge in [-0.1, -0.05) is 0 Å². The summed E-state index contributed by atoms with van der Waals surface area (Å²) in [5.74, 6) is 0.769. The Balaban J connectivity index is 0.00000676. The number of carbonyl (C=O) groups excluding carboxylic acids is 1. The Labute approximate surface area is 180 Å². The number of alkyl carbamates (subject to hydrolysis) is 1. The van der Waals surface area contributed by atoms with Crippen molar-refractivity contribution >= 4 is 46.1 Å². The van der Waals surface area contributed by atoms with Crippen LogP contribution >= 0.6 is 24.0 Å². The Bertz CT molecular complexity index is 617. The van der Waals surface area contributed by atoms with Crippen LogP contribution in [0.5, 0.6) is 0 Å². The lowest BCUT2D eigenvalue weighted by Crippen LogP contribution is -2.54. The van der Waals surface area contributed by atoms with E-state index in [0.29, 0.717) is 38.6 Å². The van der Waals surface area contributed by atoms with Crippen molar-refractivity contribution in [1.82, 2.24) is 20.3 Å². The van der Waals surface area contributed by atoms with Gasteiger partial charge < -0.3 is 20.7 Å². The number of rotatable bonds is 6. The molecule has 0 aromatic rings. The largest absolute Gasteiger partial charge is 0.444 e. The number of carbonyl (C=O) groups is 1. The van der Waals surface area contributed by atoms with Crippen molar-refractivity contribution in [3.63, 3.8) is 0 Å². The molecule has 1 amide bonds. The molecule has 9 nitrogen and oxygen atoms in total. The zero-order chi connectivity index (χ0) is 20.0. The van der Waals surface area contributed by atoms with Gasteiger partial charge in [0.2, 0.25) is 10.0 Å². The molecule has 0 radical (unpaired) electrons. The van der Waals surface area contributed by atoms with Gasteiger partial charge in [0.25, 0.3) is 0 Å². The van der Waals surface area contributed by atoms with Gasteiger partial charge in [0, 0.05) is 33.2 Å². The van der Waals surface area contributed by atoms with Crippen molar-refractivity contribution in [1.29, 1.82) is 0 Å². The van der Waals surface area contributed by atoms with E-state index in [1.54, 1.807) is 7.05 Å². The summed E-state index contributed by atoms with van der Waals surface area (Å²) in [6.07, 6.45) is 0.200. The number of aliphatic imine (C=N–C) groups is 1. The maximum Gasteiger partial charge on any atom is 0.408 e. The molecular weight excluding hydrogens is 485 g/mol. The van der Waals surface area contributed by atoms with Crippen LogP contribution in [0.25, 0.3) is 0 Å². The van der Waals surface area contributed by atoms with Gasteiger partial charge in [-0.25, -0.2) is 17.5 Å². The molecule has 0 saturated carbocycles. The lowest BCUT2D eigenvalue weighted by atomic mass is 10.1. The van der Waals surface area contributed by atoms with Crippen molar-refractivity contribution < 1.29 is 17.9 Å². The summed E-state index contributed by atoms with van der Waals surface area (Å²) in [6, 6.07) is 0. The van der Waals surface area contributed by atoms with Crippen LogP contribution in [0.3, 0.4) is 0 Å². The van der Waals surface area contributed by atoms with Gasteiger partial charge in [-0.15, -0.1) is 24.0 Å². The maximum absolute atomic E-state index is 11.9. The minimum Gasteiger partial charge on any atom is -0.444 e. The summed E-state index contributed by atoms with van der Waals surface area (Å²) in [5.41, 5.74) is -1.11. The molecule has 1 rings (SSSR count). The Morgan fingerprint density at radius 3 is 2.30 bits per heavy atom. The third-order valence-electron chi connectivity index (χ3n) is 3.62. The maximum atomic E-state index is 11.9. The number of guanidine groups is 1. The highest BCUT2D eigenvalue weighted by atomic mass is 127. The molecular formula is C16H34IN5O4S. The number of hydrogen-bond acceptors (Lipinski definition) is 5. The number of nitrogens with zero attached hydrogens (tertiary/aromatic N) is 2. The van der Waals surface area contributed by atoms with Crippen LogP contribution in [0.15, 0.2) is 4.99 Å². The van der Waals surface area contributed by atoms with E-state index in [2.05, 4.69) is 20.9 Å². The molecule has 1 heterocycles. The summed E-state index contributed by atoms with van der Waals surface area (Å²) < 4.78 is 30.3. The number of nitrogens with one attached hydrogen (secondary N) is 3. The highest BCUT2D eigenvalue weighted by Gasteiger charge is 2.28. The third kappa shape index (κ3) is 10.3. The van der Waals surface area contributed by atoms with Crippen LogP contribution in [0.1, 0.15) is 41.0 Å². The lowest BCUT2D eigenvalue weighted by molar-refractivity contribution is 0.0474. The van der Waals surface area contributed by atoms with E-state index < -0.39 is 27.3 Å². The summed E-state index contributed by atoms with van der Waals surface area (Å²) in [4.78, 5) is 16.0. The first kappa shape index (κ1) is 26.2. The molecule has 1 fully saturated rings. The average Bonchev–Trinajstić information content (AvgIpc) is 2.78. The second-order valence-electron chi connectivity index (χ2n) is 7.93. The first-order chi connectivity index (χ1) is 11.8. The van der Waals surface area contributed by atoms with E-state index in [-0.39, 0.29) is 29.7 Å². The predicted molar refractivity (Wildman–Crippen MR) is 118 cm³/mol. The van der Waals surface area contributed by atoms with E-state index in [9.17, 15) is 13.2 Å². The van der Waals surface area contributed by atoms with E-state index in [4.69, 9.17) is 4.74 Å². The van der Waals surface area contributed by atoms with Gasteiger partial charge in [-0.3, -0.25) is 4.99 Å². The third-order valence-corrected chi connectivity index (χ3v) is 5.57. The monoisotopic (exact) mass is 519 g/mol. The molecule has 0 spiro atoms. The number of amides is 1. The zero-order valence-electron chi connectivity index (χ0n) is 17.1. The summed E-state index contributed by atoms with van der Waals surface area (Å²) in [6.45, 7) is 11.0. The molecule has 1 aliphatic rings. The van der Waals surface area contributed by atoms with Gasteiger partial charge in [-0.2, -0.15) is 0 Å². The SMILES string of the molecule is CN=C(NCCN1CCCS1(=O)=O)NCC(C)(C)NC(=O)OC(C)(C)C.I. The summed E-state index contributed by atoms with van der Waals surface area (Å²) >= 11 is 0. The van der Waals surface area contributed by atoms with Crippen molar-refractivity contribution in [3.8, 4) is 0 Å². The first-order valence-electron chi connectivity index (χ1n) is 8.78. The molecule has 1 saturated heterocycles. The van der Waals surface area contributed by atoms with E-state index in [1.807, 2.05) is 34.6 Å². The predicted octanol–water partition coefficient (Wildman–Crippen LogP) is 1.11. The molecule has 3 N–H and O–H groups in total. The first-order valence-corrected chi connectivity index (χ1v) is 10.4. The normalized spacial score (nSPS) is 17.8. The Morgan fingerprint density at radius 2 is 1.81 bits per heavy atom. The fraction of sp³-hybridized carbons (Fsp3) is 0.875. The quantitative estimate of drug-likeness (QED) is 0.276. The van der Waals surface area contributed by atoms with E-state index in [0.717, 1.165) is 0 Å². The van der Waals surface area contributed by atoms with Gasteiger partial charge in [0.05, 0.1) is 11.3 Å². The van der Waals surface area contributed by atoms with Crippen LogP contribution < -0.4 is 16.0 Å². The minimum atomic E-state index is -3.08. The molecule has 0 unspecified atom stereocenters. The molecule has 27 heavy (non-hydrogen) atoms. The Morgan fingerprint density at radius 1 is 1.19 bits per heavy atom. The van der Waals surface area contributed by atoms with Crippen LogP contribution in [0.4, 0.5) is 4.79 Å². The number of hydrogen-bond donors (Lipinski definition) is 3. The number of ether oxygens (including phenoxy) is 1. The topological polar surface area (TPSA) is 112 Å². The number of halogens is 1. The van der Waals surface area contributed by atoms with Gasteiger partial charge in [0.1, 0.15) is 5.60 Å². The second kappa shape index (κ2) is 10.6.